The van der Waals surface area contributed by atoms with E-state index in [4.69, 9.17) is 38.9 Å². The molecule has 0 radical (unpaired) electrons. The maximum Gasteiger partial charge on any atom is 0.260 e. The summed E-state index contributed by atoms with van der Waals surface area (Å²) < 4.78 is 40.5. The number of nitrogens with one attached hydrogen (secondary N) is 1. The third-order valence-electron chi connectivity index (χ3n) is 11.0. The number of carbonyl (C=O) groups is 2. The second-order valence-electron chi connectivity index (χ2n) is 15.0. The first-order valence-electron chi connectivity index (χ1n) is 21.0. The van der Waals surface area contributed by atoms with Crippen LogP contribution in [0.25, 0.3) is 0 Å². The zero-order valence-electron chi connectivity index (χ0n) is 36.1. The second-order valence-corrected chi connectivity index (χ2v) is 15.0. The topological polar surface area (TPSA) is 156 Å². The van der Waals surface area contributed by atoms with E-state index >= 15 is 0 Å². The lowest BCUT2D eigenvalue weighted by Gasteiger charge is -2.25. The minimum Gasteiger partial charge on any atom is -0.493 e. The lowest BCUT2D eigenvalue weighted by molar-refractivity contribution is 0.0272. The van der Waals surface area contributed by atoms with Gasteiger partial charge in [-0.1, -0.05) is 36.4 Å². The molecule has 0 saturated heterocycles. The number of anilines is 3. The molecule has 7 rings (SSSR count). The summed E-state index contributed by atoms with van der Waals surface area (Å²) in [5.74, 6) is 1.36. The number of rotatable bonds is 22. The maximum atomic E-state index is 13.9. The molecule has 0 spiro atoms. The number of carbonyl (C=O) groups excluding carboxylic acids is 2. The van der Waals surface area contributed by atoms with E-state index in [1.54, 1.807) is 54.4 Å². The summed E-state index contributed by atoms with van der Waals surface area (Å²) in [5, 5.41) is 3.45. The van der Waals surface area contributed by atoms with Gasteiger partial charge in [-0.3, -0.25) is 14.6 Å². The van der Waals surface area contributed by atoms with Crippen molar-refractivity contribution < 1.29 is 42.7 Å². The summed E-state index contributed by atoms with van der Waals surface area (Å²) in [6.45, 7) is 8.00. The van der Waals surface area contributed by atoms with Crippen molar-refractivity contribution in [1.82, 2.24) is 0 Å². The van der Waals surface area contributed by atoms with Gasteiger partial charge in [-0.25, -0.2) is 0 Å². The van der Waals surface area contributed by atoms with Gasteiger partial charge in [0.15, 0.2) is 23.0 Å². The van der Waals surface area contributed by atoms with E-state index < -0.39 is 0 Å². The van der Waals surface area contributed by atoms with Crippen LogP contribution in [0.1, 0.15) is 43.0 Å². The molecule has 2 heterocycles. The van der Waals surface area contributed by atoms with Gasteiger partial charge in [0.25, 0.3) is 11.8 Å². The van der Waals surface area contributed by atoms with Crippen molar-refractivity contribution in [1.29, 1.82) is 0 Å². The fraction of sp³-hybridized carbons (Fsp3) is 0.327. The average molecular weight is 858 g/mol. The van der Waals surface area contributed by atoms with Gasteiger partial charge in [0.05, 0.1) is 64.5 Å². The molecule has 0 aromatic heterocycles. The smallest absolute Gasteiger partial charge is 0.260 e. The number of methoxy groups -OCH3 is 3. The number of fused-ring (bicyclic) bond motifs is 2. The Labute approximate surface area is 368 Å². The number of amides is 2. The Morgan fingerprint density at radius 2 is 1.40 bits per heavy atom. The number of hydrogen-bond donors (Lipinski definition) is 2. The zero-order chi connectivity index (χ0) is 44.1. The summed E-state index contributed by atoms with van der Waals surface area (Å²) >= 11 is 0. The van der Waals surface area contributed by atoms with Crippen LogP contribution in [0.3, 0.4) is 0 Å². The minimum absolute atomic E-state index is 0.133. The number of nitrogens with two attached hydrogens (primary N) is 1. The standard InChI is InChI=1S/C49H55N5O9/c1-51-41-29-47(46(59-4)28-40(41)49(56)53-17-15-35-9-5-7-11-42(35)53)63-32-34-23-33(24-38(25-34)52-16-18-60-21-22-61-20-19-57-2)31-62-44-14-13-37(27-45(44)58-3)48(55)54-39(30-50)26-36-10-6-8-12-43(36)54/h5-14,23-25,27-29,39,52H,1,15-22,26,30-32,50H2,2-4H3/t39-/m0/s1. The fourth-order valence-corrected chi connectivity index (χ4v) is 7.89. The highest BCUT2D eigenvalue weighted by atomic mass is 16.5. The monoisotopic (exact) mass is 857 g/mol. The molecular weight excluding hydrogens is 803 g/mol. The second kappa shape index (κ2) is 21.6. The van der Waals surface area contributed by atoms with Crippen molar-refractivity contribution in [3.05, 3.63) is 130 Å². The molecule has 0 bridgehead atoms. The van der Waals surface area contributed by atoms with E-state index in [-0.39, 0.29) is 31.1 Å². The molecule has 2 aliphatic rings. The molecule has 1 atom stereocenters. The molecule has 2 amide bonds. The Balaban J connectivity index is 1.07. The molecule has 330 valence electrons. The molecular formula is C49H55N5O9. The zero-order valence-corrected chi connectivity index (χ0v) is 36.1. The van der Waals surface area contributed by atoms with Crippen molar-refractivity contribution >= 4 is 41.3 Å². The SMILES string of the molecule is C=Nc1cc(OCc2cc(COc3ccc(C(=O)N4c5ccccc5C[C@H]4CN)cc3OC)cc(NCCOCCOCCOC)c2)c(OC)cc1C(=O)N1CCc2ccccc21. The van der Waals surface area contributed by atoms with Gasteiger partial charge in [-0.05, 0) is 96.4 Å². The normalized spacial score (nSPS) is 13.9. The Hall–Kier alpha value is -6.45. The van der Waals surface area contributed by atoms with Crippen LogP contribution in [-0.4, -0.2) is 98.6 Å². The number of ether oxygens (including phenoxy) is 7. The van der Waals surface area contributed by atoms with Gasteiger partial charge in [0, 0.05) is 55.4 Å². The van der Waals surface area contributed by atoms with E-state index in [1.165, 1.54) is 7.11 Å². The van der Waals surface area contributed by atoms with Crippen LogP contribution in [-0.2, 0) is 40.3 Å². The quantitative estimate of drug-likeness (QED) is 0.0545. The third-order valence-corrected chi connectivity index (χ3v) is 11.0. The van der Waals surface area contributed by atoms with Crippen LogP contribution in [0, 0.1) is 0 Å². The molecule has 63 heavy (non-hydrogen) atoms. The van der Waals surface area contributed by atoms with E-state index in [2.05, 4.69) is 17.0 Å². The van der Waals surface area contributed by atoms with E-state index in [9.17, 15) is 9.59 Å². The number of aliphatic imine (C=N–C) groups is 1. The number of benzene rings is 5. The number of hydrogen-bond acceptors (Lipinski definition) is 12. The van der Waals surface area contributed by atoms with Gasteiger partial charge in [-0.2, -0.15) is 0 Å². The predicted molar refractivity (Wildman–Crippen MR) is 244 cm³/mol. The van der Waals surface area contributed by atoms with Gasteiger partial charge in [-0.15, -0.1) is 0 Å². The van der Waals surface area contributed by atoms with Crippen molar-refractivity contribution in [2.24, 2.45) is 10.7 Å². The molecule has 0 aliphatic carbocycles. The molecule has 5 aromatic rings. The predicted octanol–water partition coefficient (Wildman–Crippen LogP) is 7.02. The van der Waals surface area contributed by atoms with Gasteiger partial charge >= 0.3 is 0 Å². The van der Waals surface area contributed by atoms with E-state index in [0.29, 0.717) is 98.9 Å². The highest BCUT2D eigenvalue weighted by Crippen LogP contribution is 2.39. The summed E-state index contributed by atoms with van der Waals surface area (Å²) in [5.41, 5.74) is 13.8. The first-order chi connectivity index (χ1) is 30.8. The maximum absolute atomic E-state index is 13.9. The van der Waals surface area contributed by atoms with Crippen LogP contribution in [0.4, 0.5) is 22.7 Å². The molecule has 3 N–H and O–H groups in total. The summed E-state index contributed by atoms with van der Waals surface area (Å²) in [6.07, 6.45) is 1.48. The summed E-state index contributed by atoms with van der Waals surface area (Å²) in [6, 6.07) is 30.2. The molecule has 14 heteroatoms. The molecule has 0 saturated carbocycles. The Kier molecular flexibility index (Phi) is 15.3. The van der Waals surface area contributed by atoms with Crippen LogP contribution in [0.5, 0.6) is 23.0 Å². The van der Waals surface area contributed by atoms with E-state index in [0.717, 1.165) is 45.7 Å². The van der Waals surface area contributed by atoms with Crippen LogP contribution >= 0.6 is 0 Å². The number of nitrogens with zero attached hydrogens (tertiary/aromatic N) is 3. The first-order valence-corrected chi connectivity index (χ1v) is 21.0. The highest BCUT2D eigenvalue weighted by molar-refractivity contribution is 6.11. The lowest BCUT2D eigenvalue weighted by Crippen LogP contribution is -2.42. The minimum atomic E-state index is -0.186. The van der Waals surface area contributed by atoms with Crippen LogP contribution in [0.15, 0.2) is 102 Å². The molecule has 2 aliphatic heterocycles. The molecule has 0 unspecified atom stereocenters. The van der Waals surface area contributed by atoms with E-state index in [1.807, 2.05) is 66.7 Å². The Morgan fingerprint density at radius 3 is 2.11 bits per heavy atom. The van der Waals surface area contributed by atoms with Gasteiger partial charge < -0.3 is 54.0 Å². The molecule has 5 aromatic carbocycles. The molecule has 14 nitrogen and oxygen atoms in total. The lowest BCUT2D eigenvalue weighted by atomic mass is 10.1. The summed E-state index contributed by atoms with van der Waals surface area (Å²) in [7, 11) is 4.72. The average Bonchev–Trinajstić information content (AvgIpc) is 3.93. The Bertz CT molecular complexity index is 2390. The van der Waals surface area contributed by atoms with Crippen molar-refractivity contribution in [3.63, 3.8) is 0 Å². The first kappa shape index (κ1) is 44.6. The van der Waals surface area contributed by atoms with Crippen molar-refractivity contribution in [3.8, 4) is 23.0 Å². The van der Waals surface area contributed by atoms with Crippen molar-refractivity contribution in [2.45, 2.75) is 32.1 Å². The molecule has 0 fully saturated rings. The van der Waals surface area contributed by atoms with Crippen molar-refractivity contribution in [2.75, 3.05) is 89.1 Å². The number of para-hydroxylation sites is 2. The highest BCUT2D eigenvalue weighted by Gasteiger charge is 2.34. The van der Waals surface area contributed by atoms with Gasteiger partial charge in [0.1, 0.15) is 13.2 Å². The van der Waals surface area contributed by atoms with Crippen LogP contribution < -0.4 is 39.8 Å². The van der Waals surface area contributed by atoms with Crippen LogP contribution in [0.2, 0.25) is 0 Å². The Morgan fingerprint density at radius 1 is 0.730 bits per heavy atom. The van der Waals surface area contributed by atoms with Gasteiger partial charge in [0.2, 0.25) is 0 Å². The fourth-order valence-electron chi connectivity index (χ4n) is 7.89. The summed E-state index contributed by atoms with van der Waals surface area (Å²) in [4.78, 5) is 35.5. The third kappa shape index (κ3) is 10.6. The largest absolute Gasteiger partial charge is 0.493 e.